The molecule has 0 bridgehead atoms. The lowest BCUT2D eigenvalue weighted by atomic mass is 9.97. The number of amides is 2. The Balaban J connectivity index is 1.90. The molecule has 1 aromatic rings. The van der Waals surface area contributed by atoms with Crippen LogP contribution in [0, 0.1) is 5.82 Å². The summed E-state index contributed by atoms with van der Waals surface area (Å²) in [6, 6.07) is 5.35. The van der Waals surface area contributed by atoms with Crippen molar-refractivity contribution < 1.29 is 18.7 Å². The number of hydrogen-bond donors (Lipinski definition) is 0. The molecule has 118 valence electrons. The fourth-order valence-electron chi connectivity index (χ4n) is 3.09. The Hall–Kier alpha value is -1.95. The van der Waals surface area contributed by atoms with Gasteiger partial charge in [-0.15, -0.1) is 0 Å². The zero-order chi connectivity index (χ0) is 15.7. The van der Waals surface area contributed by atoms with Crippen LogP contribution in [0.4, 0.5) is 4.39 Å². The molecule has 2 fully saturated rings. The van der Waals surface area contributed by atoms with Crippen molar-refractivity contribution in [2.75, 3.05) is 26.7 Å². The monoisotopic (exact) mass is 306 g/mol. The lowest BCUT2D eigenvalue weighted by molar-refractivity contribution is -0.166. The molecule has 0 saturated carbocycles. The predicted octanol–water partition coefficient (Wildman–Crippen LogP) is 1.35. The van der Waals surface area contributed by atoms with E-state index in [-0.39, 0.29) is 24.2 Å². The van der Waals surface area contributed by atoms with Crippen LogP contribution in [0.15, 0.2) is 24.3 Å². The number of benzene rings is 1. The van der Waals surface area contributed by atoms with Crippen LogP contribution in [0.2, 0.25) is 0 Å². The number of carbonyl (C=O) groups excluding carboxylic acids is 2. The second kappa shape index (κ2) is 6.04. The Morgan fingerprint density at radius 2 is 1.86 bits per heavy atom. The largest absolute Gasteiger partial charge is 0.356 e. The molecule has 2 aliphatic rings. The minimum atomic E-state index is -0.730. The number of likely N-dealkylation sites (tertiary alicyclic amines) is 1. The van der Waals surface area contributed by atoms with Crippen LogP contribution in [0.3, 0.4) is 0 Å². The van der Waals surface area contributed by atoms with Gasteiger partial charge in [-0.25, -0.2) is 4.39 Å². The molecular weight excluding hydrogens is 287 g/mol. The summed E-state index contributed by atoms with van der Waals surface area (Å²) >= 11 is 0. The van der Waals surface area contributed by atoms with E-state index in [0.717, 1.165) is 25.9 Å². The zero-order valence-electron chi connectivity index (χ0n) is 12.5. The molecule has 2 heterocycles. The summed E-state index contributed by atoms with van der Waals surface area (Å²) in [5.41, 5.74) is 0.703. The van der Waals surface area contributed by atoms with E-state index in [1.54, 1.807) is 24.1 Å². The van der Waals surface area contributed by atoms with E-state index in [0.29, 0.717) is 5.56 Å². The summed E-state index contributed by atoms with van der Waals surface area (Å²) < 4.78 is 18.7. The molecule has 0 aliphatic carbocycles. The lowest BCUT2D eigenvalue weighted by Crippen LogP contribution is -2.53. The van der Waals surface area contributed by atoms with Gasteiger partial charge in [-0.05, 0) is 30.5 Å². The van der Waals surface area contributed by atoms with Gasteiger partial charge in [0.25, 0.3) is 5.91 Å². The number of hydrogen-bond acceptors (Lipinski definition) is 3. The third-order valence-corrected chi connectivity index (χ3v) is 4.36. The number of likely N-dealkylation sites (N-methyl/N-ethyl adjacent to an activating group) is 1. The van der Waals surface area contributed by atoms with Crippen molar-refractivity contribution in [3.8, 4) is 0 Å². The average molecular weight is 306 g/mol. The van der Waals surface area contributed by atoms with Crippen molar-refractivity contribution in [3.63, 3.8) is 0 Å². The molecule has 3 rings (SSSR count). The van der Waals surface area contributed by atoms with Gasteiger partial charge in [-0.3, -0.25) is 9.59 Å². The van der Waals surface area contributed by atoms with Gasteiger partial charge in [0.05, 0.1) is 6.04 Å². The van der Waals surface area contributed by atoms with Crippen LogP contribution in [0.25, 0.3) is 0 Å². The average Bonchev–Trinajstić information content (AvgIpc) is 3.05. The summed E-state index contributed by atoms with van der Waals surface area (Å²) in [4.78, 5) is 27.9. The van der Waals surface area contributed by atoms with Gasteiger partial charge >= 0.3 is 0 Å². The number of rotatable bonds is 2. The highest BCUT2D eigenvalue weighted by atomic mass is 19.1. The summed E-state index contributed by atoms with van der Waals surface area (Å²) in [5.74, 6) is -0.622. The Morgan fingerprint density at radius 1 is 1.23 bits per heavy atom. The van der Waals surface area contributed by atoms with Gasteiger partial charge in [0.15, 0.2) is 6.10 Å². The van der Waals surface area contributed by atoms with Gasteiger partial charge < -0.3 is 14.5 Å². The van der Waals surface area contributed by atoms with Crippen LogP contribution in [0.5, 0.6) is 0 Å². The summed E-state index contributed by atoms with van der Waals surface area (Å²) in [6.07, 6.45) is 1.26. The van der Waals surface area contributed by atoms with E-state index < -0.39 is 12.1 Å². The van der Waals surface area contributed by atoms with Crippen molar-refractivity contribution in [3.05, 3.63) is 35.6 Å². The van der Waals surface area contributed by atoms with Crippen molar-refractivity contribution in [2.45, 2.75) is 25.0 Å². The second-order valence-electron chi connectivity index (χ2n) is 5.77. The molecule has 2 atom stereocenters. The maximum absolute atomic E-state index is 13.1. The molecule has 22 heavy (non-hydrogen) atoms. The van der Waals surface area contributed by atoms with Crippen LogP contribution in [-0.2, 0) is 14.3 Å². The first-order valence-electron chi connectivity index (χ1n) is 7.49. The van der Waals surface area contributed by atoms with Crippen molar-refractivity contribution in [2.24, 2.45) is 0 Å². The minimum Gasteiger partial charge on any atom is -0.356 e. The fraction of sp³-hybridized carbons (Fsp3) is 0.500. The zero-order valence-corrected chi connectivity index (χ0v) is 12.5. The van der Waals surface area contributed by atoms with Crippen LogP contribution in [0.1, 0.15) is 24.4 Å². The standard InChI is InChI=1S/C16H19FN2O3/c1-18-13(20)10-22-15(16(21)19-8-2-3-9-19)14(18)11-4-6-12(17)7-5-11/h4-7,14-15H,2-3,8-10H2,1H3/t14-,15+/m1/s1. The third kappa shape index (κ3) is 2.70. The first-order chi connectivity index (χ1) is 10.6. The first-order valence-corrected chi connectivity index (χ1v) is 7.49. The quantitative estimate of drug-likeness (QED) is 0.828. The van der Waals surface area contributed by atoms with E-state index >= 15 is 0 Å². The molecule has 0 spiro atoms. The van der Waals surface area contributed by atoms with Gasteiger partial charge in [0, 0.05) is 20.1 Å². The van der Waals surface area contributed by atoms with Crippen LogP contribution >= 0.6 is 0 Å². The maximum atomic E-state index is 13.1. The smallest absolute Gasteiger partial charge is 0.254 e. The molecule has 5 nitrogen and oxygen atoms in total. The van der Waals surface area contributed by atoms with E-state index in [2.05, 4.69) is 0 Å². The topological polar surface area (TPSA) is 49.9 Å². The summed E-state index contributed by atoms with van der Waals surface area (Å²) in [7, 11) is 1.66. The molecular formula is C16H19FN2O3. The predicted molar refractivity (Wildman–Crippen MR) is 77.5 cm³/mol. The highest BCUT2D eigenvalue weighted by molar-refractivity contribution is 5.86. The van der Waals surface area contributed by atoms with Crippen LogP contribution in [-0.4, -0.2) is 54.5 Å². The summed E-state index contributed by atoms with van der Waals surface area (Å²) in [6.45, 7) is 1.36. The molecule has 6 heteroatoms. The maximum Gasteiger partial charge on any atom is 0.254 e. The fourth-order valence-corrected chi connectivity index (χ4v) is 3.09. The molecule has 0 radical (unpaired) electrons. The molecule has 0 N–H and O–H groups in total. The highest BCUT2D eigenvalue weighted by Gasteiger charge is 2.42. The van der Waals surface area contributed by atoms with Crippen molar-refractivity contribution in [1.82, 2.24) is 9.80 Å². The van der Waals surface area contributed by atoms with Crippen molar-refractivity contribution >= 4 is 11.8 Å². The Labute approximate surface area is 128 Å². The molecule has 2 amide bonds. The SMILES string of the molecule is CN1C(=O)CO[C@H](C(=O)N2CCCC2)[C@H]1c1ccc(F)cc1. The molecule has 2 aliphatic heterocycles. The van der Waals surface area contributed by atoms with Gasteiger partial charge in [-0.2, -0.15) is 0 Å². The number of ether oxygens (including phenoxy) is 1. The Kier molecular flexibility index (Phi) is 4.11. The number of nitrogens with zero attached hydrogens (tertiary/aromatic N) is 2. The van der Waals surface area contributed by atoms with Gasteiger partial charge in [0.2, 0.25) is 5.91 Å². The molecule has 0 aromatic heterocycles. The number of morpholine rings is 1. The van der Waals surface area contributed by atoms with Crippen LogP contribution < -0.4 is 0 Å². The molecule has 0 unspecified atom stereocenters. The summed E-state index contributed by atoms with van der Waals surface area (Å²) in [5, 5.41) is 0. The van der Waals surface area contributed by atoms with E-state index in [1.807, 2.05) is 0 Å². The minimum absolute atomic E-state index is 0.0915. The van der Waals surface area contributed by atoms with E-state index in [4.69, 9.17) is 4.74 Å². The third-order valence-electron chi connectivity index (χ3n) is 4.36. The second-order valence-corrected chi connectivity index (χ2v) is 5.77. The first kappa shape index (κ1) is 15.0. The van der Waals surface area contributed by atoms with Crippen molar-refractivity contribution in [1.29, 1.82) is 0 Å². The number of halogens is 1. The number of carbonyl (C=O) groups is 2. The normalized spacial score (nSPS) is 25.6. The Morgan fingerprint density at radius 3 is 2.50 bits per heavy atom. The van der Waals surface area contributed by atoms with E-state index in [9.17, 15) is 14.0 Å². The molecule has 1 aromatic carbocycles. The van der Waals surface area contributed by atoms with E-state index in [1.165, 1.54) is 17.0 Å². The highest BCUT2D eigenvalue weighted by Crippen LogP contribution is 2.31. The van der Waals surface area contributed by atoms with Gasteiger partial charge in [0.1, 0.15) is 12.4 Å². The Bertz CT molecular complexity index is 569. The molecule has 2 saturated heterocycles. The van der Waals surface area contributed by atoms with Gasteiger partial charge in [-0.1, -0.05) is 12.1 Å². The lowest BCUT2D eigenvalue weighted by Gasteiger charge is -2.39.